The quantitative estimate of drug-likeness (QED) is 0.491. The van der Waals surface area contributed by atoms with Crippen LogP contribution in [-0.4, -0.2) is 52.1 Å². The average molecular weight is 510 g/mol. The Hall–Kier alpha value is -2.50. The van der Waals surface area contributed by atoms with Crippen molar-refractivity contribution in [2.24, 2.45) is 4.99 Å². The number of halogens is 3. The Kier molecular flexibility index (Phi) is 8.17. The molecule has 2 heterocycles. The second kappa shape index (κ2) is 11.3. The number of alkyl halides is 2. The molecule has 2 aliphatic heterocycles. The fraction of sp³-hybridized carbons (Fsp3) is 0.348. The minimum absolute atomic E-state index is 0.0775. The van der Waals surface area contributed by atoms with Crippen molar-refractivity contribution in [1.29, 1.82) is 0 Å². The highest BCUT2D eigenvalue weighted by Crippen LogP contribution is 2.34. The number of rotatable bonds is 8. The summed E-state index contributed by atoms with van der Waals surface area (Å²) >= 11 is 1.63. The van der Waals surface area contributed by atoms with Crippen molar-refractivity contribution in [2.45, 2.75) is 41.3 Å². The van der Waals surface area contributed by atoms with Gasteiger partial charge in [-0.1, -0.05) is 23.5 Å². The summed E-state index contributed by atoms with van der Waals surface area (Å²) in [6, 6.07) is 11.7. The summed E-state index contributed by atoms with van der Waals surface area (Å²) in [6.45, 7) is 0.971. The molecule has 0 spiro atoms. The van der Waals surface area contributed by atoms with Gasteiger partial charge >= 0.3 is 0 Å². The minimum atomic E-state index is -2.51. The lowest BCUT2D eigenvalue weighted by molar-refractivity contribution is -0.129. The molecule has 2 amide bonds. The summed E-state index contributed by atoms with van der Waals surface area (Å²) in [4.78, 5) is 32.2. The highest BCUT2D eigenvalue weighted by Gasteiger charge is 2.40. The van der Waals surface area contributed by atoms with Crippen molar-refractivity contribution in [3.05, 3.63) is 54.3 Å². The number of amides is 2. The topological polar surface area (TPSA) is 71.0 Å². The Morgan fingerprint density at radius 1 is 1.21 bits per heavy atom. The van der Waals surface area contributed by atoms with E-state index in [9.17, 15) is 22.8 Å². The molecule has 4 rings (SSSR count). The van der Waals surface area contributed by atoms with Crippen LogP contribution in [-0.2, 0) is 14.3 Å². The summed E-state index contributed by atoms with van der Waals surface area (Å²) in [5.74, 6) is -3.53. The number of hydrogen-bond acceptors (Lipinski definition) is 6. The van der Waals surface area contributed by atoms with Gasteiger partial charge in [0.15, 0.2) is 5.17 Å². The smallest absolute Gasteiger partial charge is 0.288 e. The Balaban J connectivity index is 1.48. The van der Waals surface area contributed by atoms with E-state index in [-0.39, 0.29) is 24.3 Å². The predicted octanol–water partition coefficient (Wildman–Crippen LogP) is 5.28. The minimum Gasteiger partial charge on any atom is -0.376 e. The number of nitrogens with one attached hydrogen (secondary N) is 1. The van der Waals surface area contributed by atoms with E-state index in [0.717, 1.165) is 12.8 Å². The molecular formula is C23H22F3N3O3S2. The molecule has 2 aromatic carbocycles. The van der Waals surface area contributed by atoms with E-state index in [1.165, 1.54) is 40.9 Å². The molecule has 0 saturated carbocycles. The van der Waals surface area contributed by atoms with Gasteiger partial charge in [-0.15, -0.1) is 0 Å². The van der Waals surface area contributed by atoms with E-state index in [1.807, 2.05) is 0 Å². The zero-order valence-electron chi connectivity index (χ0n) is 18.0. The maximum atomic E-state index is 13.2. The van der Waals surface area contributed by atoms with Crippen molar-refractivity contribution in [2.75, 3.05) is 18.5 Å². The highest BCUT2D eigenvalue weighted by atomic mass is 32.2. The molecule has 6 nitrogen and oxygen atoms in total. The number of aliphatic imine (C=N–C) groups is 1. The van der Waals surface area contributed by atoms with E-state index in [0.29, 0.717) is 46.4 Å². The number of amidine groups is 1. The highest BCUT2D eigenvalue weighted by molar-refractivity contribution is 8.15. The Bertz CT molecular complexity index is 1050. The first-order chi connectivity index (χ1) is 16.4. The lowest BCUT2D eigenvalue weighted by atomic mass is 10.2. The molecule has 0 bridgehead atoms. The van der Waals surface area contributed by atoms with Crippen molar-refractivity contribution >= 4 is 51.9 Å². The maximum Gasteiger partial charge on any atom is 0.288 e. The van der Waals surface area contributed by atoms with Gasteiger partial charge in [0.25, 0.3) is 5.76 Å². The fourth-order valence-corrected chi connectivity index (χ4v) is 5.28. The van der Waals surface area contributed by atoms with Gasteiger partial charge < -0.3 is 10.1 Å². The van der Waals surface area contributed by atoms with Crippen molar-refractivity contribution in [3.8, 4) is 0 Å². The van der Waals surface area contributed by atoms with E-state index in [1.54, 1.807) is 24.3 Å². The Morgan fingerprint density at radius 2 is 1.94 bits per heavy atom. The second-order valence-electron chi connectivity index (χ2n) is 7.72. The number of hydrogen-bond donors (Lipinski definition) is 1. The lowest BCUT2D eigenvalue weighted by Crippen LogP contribution is -2.38. The van der Waals surface area contributed by atoms with Crippen LogP contribution >= 0.6 is 23.5 Å². The molecule has 11 heteroatoms. The van der Waals surface area contributed by atoms with Crippen LogP contribution in [0.2, 0.25) is 0 Å². The van der Waals surface area contributed by atoms with Gasteiger partial charge in [0.2, 0.25) is 11.8 Å². The molecule has 34 heavy (non-hydrogen) atoms. The molecular weight excluding hydrogens is 487 g/mol. The molecule has 180 valence electrons. The largest absolute Gasteiger partial charge is 0.376 e. The fourth-order valence-electron chi connectivity index (χ4n) is 3.61. The standard InChI is InChI=1S/C23H22F3N3O3S2/c24-14-3-5-15(6-4-14)27-20(30)12-19-21(31)29(13-17-2-1-11-32-17)23(34-19)28-16-7-9-18(10-8-16)33-22(25)26/h3-10,17,19,22H,1-2,11-13H2,(H,27,30). The number of anilines is 1. The van der Waals surface area contributed by atoms with Crippen LogP contribution in [0.4, 0.5) is 24.5 Å². The van der Waals surface area contributed by atoms with Crippen LogP contribution < -0.4 is 5.32 Å². The third-order valence-corrected chi connectivity index (χ3v) is 7.11. The lowest BCUT2D eigenvalue weighted by Gasteiger charge is -2.20. The van der Waals surface area contributed by atoms with Gasteiger partial charge in [-0.3, -0.25) is 14.5 Å². The zero-order valence-corrected chi connectivity index (χ0v) is 19.6. The van der Waals surface area contributed by atoms with Crippen LogP contribution in [0.3, 0.4) is 0 Å². The van der Waals surface area contributed by atoms with E-state index < -0.39 is 16.8 Å². The summed E-state index contributed by atoms with van der Waals surface area (Å²) in [7, 11) is 0. The van der Waals surface area contributed by atoms with Gasteiger partial charge in [-0.25, -0.2) is 9.38 Å². The SMILES string of the molecule is O=C(CC1SC(=Nc2ccc(SC(F)F)cc2)N(CC2CCCO2)C1=O)Nc1ccc(F)cc1. The first-order valence-electron chi connectivity index (χ1n) is 10.7. The molecule has 0 aromatic heterocycles. The van der Waals surface area contributed by atoms with Gasteiger partial charge in [0.1, 0.15) is 11.1 Å². The van der Waals surface area contributed by atoms with Crippen LogP contribution in [0.25, 0.3) is 0 Å². The van der Waals surface area contributed by atoms with Crippen LogP contribution in [0, 0.1) is 5.82 Å². The number of thioether (sulfide) groups is 2. The number of ether oxygens (including phenoxy) is 1. The number of carbonyl (C=O) groups excluding carboxylic acids is 2. The van der Waals surface area contributed by atoms with Crippen molar-refractivity contribution < 1.29 is 27.5 Å². The monoisotopic (exact) mass is 509 g/mol. The number of nitrogens with zero attached hydrogens (tertiary/aromatic N) is 2. The van der Waals surface area contributed by atoms with Crippen LogP contribution in [0.1, 0.15) is 19.3 Å². The molecule has 0 aliphatic carbocycles. The molecule has 1 N–H and O–H groups in total. The number of benzene rings is 2. The maximum absolute atomic E-state index is 13.2. The van der Waals surface area contributed by atoms with Gasteiger partial charge in [-0.05, 0) is 61.4 Å². The summed E-state index contributed by atoms with van der Waals surface area (Å²) in [5.41, 5.74) is 0.955. The van der Waals surface area contributed by atoms with Crippen molar-refractivity contribution in [3.63, 3.8) is 0 Å². The zero-order chi connectivity index (χ0) is 24.1. The predicted molar refractivity (Wildman–Crippen MR) is 127 cm³/mol. The first kappa shape index (κ1) is 24.6. The summed E-state index contributed by atoms with van der Waals surface area (Å²) in [5, 5.41) is 2.44. The molecule has 2 fully saturated rings. The molecule has 2 aromatic rings. The summed E-state index contributed by atoms with van der Waals surface area (Å²) < 4.78 is 43.9. The van der Waals surface area contributed by atoms with Crippen LogP contribution in [0.5, 0.6) is 0 Å². The molecule has 2 aliphatic rings. The normalized spacial score (nSPS) is 21.6. The van der Waals surface area contributed by atoms with Crippen LogP contribution in [0.15, 0.2) is 58.4 Å². The van der Waals surface area contributed by atoms with Gasteiger partial charge in [0, 0.05) is 23.6 Å². The third-order valence-electron chi connectivity index (χ3n) is 5.22. The van der Waals surface area contributed by atoms with E-state index in [2.05, 4.69) is 10.3 Å². The second-order valence-corrected chi connectivity index (χ2v) is 9.95. The Labute approximate surface area is 203 Å². The molecule has 0 radical (unpaired) electrons. The Morgan fingerprint density at radius 3 is 2.59 bits per heavy atom. The van der Waals surface area contributed by atoms with Gasteiger partial charge in [0.05, 0.1) is 18.3 Å². The van der Waals surface area contributed by atoms with Gasteiger partial charge in [-0.2, -0.15) is 8.78 Å². The van der Waals surface area contributed by atoms with E-state index >= 15 is 0 Å². The summed E-state index contributed by atoms with van der Waals surface area (Å²) in [6.07, 6.45) is 1.56. The molecule has 2 saturated heterocycles. The number of carbonyl (C=O) groups is 2. The molecule has 2 unspecified atom stereocenters. The molecule has 2 atom stereocenters. The van der Waals surface area contributed by atoms with E-state index in [4.69, 9.17) is 4.74 Å². The van der Waals surface area contributed by atoms with Crippen molar-refractivity contribution in [1.82, 2.24) is 4.90 Å². The first-order valence-corrected chi connectivity index (χ1v) is 12.4. The third kappa shape index (κ3) is 6.55. The average Bonchev–Trinajstić information content (AvgIpc) is 3.41.